The molecule has 0 aliphatic rings. The summed E-state index contributed by atoms with van der Waals surface area (Å²) in [5.74, 6) is -2.51. The Labute approximate surface area is 87.1 Å². The van der Waals surface area contributed by atoms with Crippen molar-refractivity contribution < 1.29 is 24.2 Å². The van der Waals surface area contributed by atoms with Crippen molar-refractivity contribution in [2.24, 2.45) is 11.7 Å². The molecule has 2 atom stereocenters. The average Bonchev–Trinajstić information content (AvgIpc) is 2.17. The summed E-state index contributed by atoms with van der Waals surface area (Å²) in [5, 5.41) is 16.9. The van der Waals surface area contributed by atoms with Crippen molar-refractivity contribution >= 4 is 11.9 Å². The fourth-order valence-electron chi connectivity index (χ4n) is 1.16. The second-order valence-electron chi connectivity index (χ2n) is 3.47. The molecule has 0 radical (unpaired) electrons. The van der Waals surface area contributed by atoms with Gasteiger partial charge in [-0.1, -0.05) is 0 Å². The minimum absolute atomic E-state index is 0.100. The van der Waals surface area contributed by atoms with Crippen molar-refractivity contribution in [3.63, 3.8) is 0 Å². The first-order chi connectivity index (χ1) is 6.97. The van der Waals surface area contributed by atoms with Gasteiger partial charge < -0.3 is 15.9 Å². The molecule has 0 rings (SSSR count). The molecule has 0 aromatic rings. The van der Waals surface area contributed by atoms with Gasteiger partial charge >= 0.3 is 11.9 Å². The van der Waals surface area contributed by atoms with E-state index < -0.39 is 30.6 Å². The molecule has 4 N–H and O–H groups in total. The predicted molar refractivity (Wildman–Crippen MR) is 51.2 cm³/mol. The normalized spacial score (nSPS) is 14.5. The van der Waals surface area contributed by atoms with E-state index in [4.69, 9.17) is 15.9 Å². The molecule has 0 saturated heterocycles. The van der Waals surface area contributed by atoms with Crippen molar-refractivity contribution in [3.05, 3.63) is 0 Å². The summed E-state index contributed by atoms with van der Waals surface area (Å²) in [6, 6.07) is -0.996. The number of carboxylic acid groups (broad SMARTS) is 2. The molecule has 0 aromatic heterocycles. The van der Waals surface area contributed by atoms with Gasteiger partial charge in [0.1, 0.15) is 6.04 Å². The molecule has 2 unspecified atom stereocenters. The van der Waals surface area contributed by atoms with Gasteiger partial charge in [-0.05, 0) is 25.2 Å². The van der Waals surface area contributed by atoms with Crippen LogP contribution in [0.5, 0.6) is 0 Å². The van der Waals surface area contributed by atoms with E-state index in [2.05, 4.69) is 0 Å². The fraction of sp³-hybridized carbons (Fsp3) is 0.778. The molecule has 0 heterocycles. The first kappa shape index (κ1) is 13.8. The van der Waals surface area contributed by atoms with Crippen molar-refractivity contribution in [3.8, 4) is 0 Å². The zero-order valence-corrected chi connectivity index (χ0v) is 8.36. The van der Waals surface area contributed by atoms with Crippen LogP contribution < -0.4 is 5.73 Å². The molecule has 0 aliphatic heterocycles. The number of nitrogens with two attached hydrogens (primary N) is 1. The number of alkyl halides is 1. The third-order valence-corrected chi connectivity index (χ3v) is 2.19. The molecular formula is C9H16FNO4. The van der Waals surface area contributed by atoms with Gasteiger partial charge in [0.15, 0.2) is 0 Å². The van der Waals surface area contributed by atoms with Crippen LogP contribution in [-0.2, 0) is 9.59 Å². The molecule has 0 fully saturated rings. The van der Waals surface area contributed by atoms with Gasteiger partial charge in [0.05, 0.1) is 6.67 Å². The Morgan fingerprint density at radius 3 is 2.20 bits per heavy atom. The van der Waals surface area contributed by atoms with E-state index in [-0.39, 0.29) is 19.3 Å². The predicted octanol–water partition coefficient (Wildman–Crippen LogP) is 0.629. The number of carboxylic acids is 2. The zero-order valence-electron chi connectivity index (χ0n) is 8.36. The Bertz CT molecular complexity index is 222. The van der Waals surface area contributed by atoms with Gasteiger partial charge in [-0.2, -0.15) is 0 Å². The maximum absolute atomic E-state index is 12.4. The molecule has 0 bridgehead atoms. The molecule has 0 aliphatic carbocycles. The van der Waals surface area contributed by atoms with E-state index in [1.54, 1.807) is 0 Å². The van der Waals surface area contributed by atoms with Crippen molar-refractivity contribution in [2.45, 2.75) is 31.7 Å². The lowest BCUT2D eigenvalue weighted by Gasteiger charge is -2.13. The highest BCUT2D eigenvalue weighted by Gasteiger charge is 2.16. The van der Waals surface area contributed by atoms with Gasteiger partial charge in [-0.15, -0.1) is 0 Å². The van der Waals surface area contributed by atoms with E-state index in [0.29, 0.717) is 6.42 Å². The van der Waals surface area contributed by atoms with Crippen LogP contribution in [0, 0.1) is 5.92 Å². The first-order valence-electron chi connectivity index (χ1n) is 4.73. The summed E-state index contributed by atoms with van der Waals surface area (Å²) in [6.45, 7) is -0.639. The molecule has 15 heavy (non-hydrogen) atoms. The minimum atomic E-state index is -1.12. The molecular weight excluding hydrogens is 204 g/mol. The van der Waals surface area contributed by atoms with E-state index in [9.17, 15) is 14.0 Å². The number of halogens is 1. The summed E-state index contributed by atoms with van der Waals surface area (Å²) < 4.78 is 12.4. The maximum Gasteiger partial charge on any atom is 0.320 e. The highest BCUT2D eigenvalue weighted by Crippen LogP contribution is 2.15. The van der Waals surface area contributed by atoms with Gasteiger partial charge in [-0.3, -0.25) is 14.0 Å². The number of hydrogen-bond acceptors (Lipinski definition) is 3. The molecule has 0 aromatic carbocycles. The Kier molecular flexibility index (Phi) is 6.61. The maximum atomic E-state index is 12.4. The number of carbonyl (C=O) groups is 2. The number of aliphatic carboxylic acids is 2. The molecule has 88 valence electrons. The topological polar surface area (TPSA) is 101 Å². The van der Waals surface area contributed by atoms with Crippen LogP contribution in [0.3, 0.4) is 0 Å². The quantitative estimate of drug-likeness (QED) is 0.557. The van der Waals surface area contributed by atoms with Crippen LogP contribution in [0.25, 0.3) is 0 Å². The fourth-order valence-corrected chi connectivity index (χ4v) is 1.16. The second-order valence-corrected chi connectivity index (χ2v) is 3.47. The standard InChI is InChI=1S/C9H16FNO4/c10-5-6(2-4-8(12)13)1-3-7(11)9(14)15/h6-7H,1-5,11H2,(H,12,13)(H,14,15)/i10-1. The summed E-state index contributed by atoms with van der Waals surface area (Å²) in [4.78, 5) is 20.6. The van der Waals surface area contributed by atoms with Crippen LogP contribution in [0.2, 0.25) is 0 Å². The van der Waals surface area contributed by atoms with Crippen LogP contribution in [-0.4, -0.2) is 34.9 Å². The van der Waals surface area contributed by atoms with E-state index in [0.717, 1.165) is 0 Å². The van der Waals surface area contributed by atoms with E-state index in [1.807, 2.05) is 0 Å². The average molecular weight is 220 g/mol. The van der Waals surface area contributed by atoms with Crippen molar-refractivity contribution in [2.75, 3.05) is 6.67 Å². The second kappa shape index (κ2) is 7.17. The largest absolute Gasteiger partial charge is 0.481 e. The Hall–Kier alpha value is -1.17. The lowest BCUT2D eigenvalue weighted by atomic mass is 9.96. The van der Waals surface area contributed by atoms with Crippen molar-refractivity contribution in [1.82, 2.24) is 0 Å². The van der Waals surface area contributed by atoms with Crippen LogP contribution in [0.4, 0.5) is 4.39 Å². The summed E-state index contributed by atoms with van der Waals surface area (Å²) in [5.41, 5.74) is 5.24. The van der Waals surface area contributed by atoms with E-state index in [1.165, 1.54) is 0 Å². The summed E-state index contributed by atoms with van der Waals surface area (Å²) >= 11 is 0. The molecule has 0 saturated carbocycles. The SMILES string of the molecule is NC(CCC(C[18F])CCC(=O)O)C(=O)O. The van der Waals surface area contributed by atoms with Gasteiger partial charge in [0.2, 0.25) is 0 Å². The lowest BCUT2D eigenvalue weighted by Crippen LogP contribution is -2.30. The third-order valence-electron chi connectivity index (χ3n) is 2.19. The Morgan fingerprint density at radius 1 is 1.20 bits per heavy atom. The zero-order chi connectivity index (χ0) is 11.8. The molecule has 5 nitrogen and oxygen atoms in total. The third kappa shape index (κ3) is 6.84. The Morgan fingerprint density at radius 2 is 1.80 bits per heavy atom. The summed E-state index contributed by atoms with van der Waals surface area (Å²) in [7, 11) is 0. The van der Waals surface area contributed by atoms with Crippen molar-refractivity contribution in [1.29, 1.82) is 0 Å². The van der Waals surface area contributed by atoms with Crippen LogP contribution in [0.15, 0.2) is 0 Å². The van der Waals surface area contributed by atoms with Crippen LogP contribution in [0.1, 0.15) is 25.7 Å². The molecule has 6 heteroatoms. The van der Waals surface area contributed by atoms with Gasteiger partial charge in [0.25, 0.3) is 0 Å². The molecule has 0 spiro atoms. The Balaban J connectivity index is 3.79. The molecule has 0 amide bonds. The van der Waals surface area contributed by atoms with Crippen LogP contribution >= 0.6 is 0 Å². The monoisotopic (exact) mass is 220 g/mol. The summed E-state index contributed by atoms with van der Waals surface area (Å²) in [6.07, 6.45) is 0.593. The number of rotatable bonds is 8. The highest BCUT2D eigenvalue weighted by molar-refractivity contribution is 5.72. The minimum Gasteiger partial charge on any atom is -0.481 e. The lowest BCUT2D eigenvalue weighted by molar-refractivity contribution is -0.139. The number of hydrogen-bond donors (Lipinski definition) is 3. The van der Waals surface area contributed by atoms with Gasteiger partial charge in [-0.25, -0.2) is 0 Å². The smallest absolute Gasteiger partial charge is 0.320 e. The van der Waals surface area contributed by atoms with E-state index >= 15 is 0 Å². The first-order valence-corrected chi connectivity index (χ1v) is 4.73. The van der Waals surface area contributed by atoms with Gasteiger partial charge in [0, 0.05) is 6.42 Å². The highest BCUT2D eigenvalue weighted by atomic mass is 18.2.